The highest BCUT2D eigenvalue weighted by molar-refractivity contribution is 5.69. The van der Waals surface area contributed by atoms with Gasteiger partial charge in [0.1, 0.15) is 5.60 Å². The number of likely N-dealkylation sites (tertiary alicyclic amines) is 1. The predicted octanol–water partition coefficient (Wildman–Crippen LogP) is 1.71. The van der Waals surface area contributed by atoms with Gasteiger partial charge in [0.25, 0.3) is 0 Å². The normalized spacial score (nSPS) is 32.0. The lowest BCUT2D eigenvalue weighted by atomic mass is 9.82. The fourth-order valence-corrected chi connectivity index (χ4v) is 3.36. The summed E-state index contributed by atoms with van der Waals surface area (Å²) in [7, 11) is 0. The maximum Gasteiger partial charge on any atom is 0.410 e. The SMILES string of the molecule is CC(C)(C)OC(=O)N1CCCC(N)C1C1CCCNC1. The van der Waals surface area contributed by atoms with Crippen LogP contribution in [-0.2, 0) is 4.74 Å². The van der Waals surface area contributed by atoms with E-state index in [0.717, 1.165) is 45.3 Å². The van der Waals surface area contributed by atoms with Crippen LogP contribution in [-0.4, -0.2) is 48.3 Å². The van der Waals surface area contributed by atoms with Crippen molar-refractivity contribution in [1.82, 2.24) is 10.2 Å². The molecule has 0 aromatic carbocycles. The highest BCUT2D eigenvalue weighted by Crippen LogP contribution is 2.28. The summed E-state index contributed by atoms with van der Waals surface area (Å²) in [5.41, 5.74) is 5.87. The van der Waals surface area contributed by atoms with Crippen LogP contribution in [0.4, 0.5) is 4.79 Å². The van der Waals surface area contributed by atoms with Crippen LogP contribution in [0.15, 0.2) is 0 Å². The molecule has 5 nitrogen and oxygen atoms in total. The first-order valence-corrected chi connectivity index (χ1v) is 7.84. The van der Waals surface area contributed by atoms with Crippen LogP contribution in [0.5, 0.6) is 0 Å². The van der Waals surface area contributed by atoms with Gasteiger partial charge >= 0.3 is 6.09 Å². The van der Waals surface area contributed by atoms with E-state index in [0.29, 0.717) is 5.92 Å². The average molecular weight is 283 g/mol. The number of nitrogens with two attached hydrogens (primary N) is 1. The summed E-state index contributed by atoms with van der Waals surface area (Å²) in [5.74, 6) is 0.451. The predicted molar refractivity (Wildman–Crippen MR) is 79.5 cm³/mol. The van der Waals surface area contributed by atoms with Gasteiger partial charge in [0.15, 0.2) is 0 Å². The summed E-state index contributed by atoms with van der Waals surface area (Å²) in [6.07, 6.45) is 4.07. The molecule has 3 atom stereocenters. The molecule has 0 spiro atoms. The molecule has 2 aliphatic rings. The lowest BCUT2D eigenvalue weighted by Crippen LogP contribution is -2.60. The number of ether oxygens (including phenoxy) is 1. The molecule has 0 aliphatic carbocycles. The van der Waals surface area contributed by atoms with E-state index in [2.05, 4.69) is 5.32 Å². The zero-order valence-electron chi connectivity index (χ0n) is 13.0. The molecule has 0 radical (unpaired) electrons. The molecule has 0 saturated carbocycles. The van der Waals surface area contributed by atoms with E-state index in [1.807, 2.05) is 25.7 Å². The molecule has 2 aliphatic heterocycles. The number of hydrogen-bond acceptors (Lipinski definition) is 4. The highest BCUT2D eigenvalue weighted by atomic mass is 16.6. The third kappa shape index (κ3) is 3.85. The van der Waals surface area contributed by atoms with Gasteiger partial charge in [0, 0.05) is 12.6 Å². The van der Waals surface area contributed by atoms with Gasteiger partial charge in [-0.05, 0) is 65.5 Å². The Balaban J connectivity index is 2.08. The van der Waals surface area contributed by atoms with Crippen LogP contribution >= 0.6 is 0 Å². The van der Waals surface area contributed by atoms with Crippen molar-refractivity contribution >= 4 is 6.09 Å². The molecule has 2 heterocycles. The van der Waals surface area contributed by atoms with Crippen LogP contribution in [0.25, 0.3) is 0 Å². The van der Waals surface area contributed by atoms with Gasteiger partial charge in [-0.15, -0.1) is 0 Å². The summed E-state index contributed by atoms with van der Waals surface area (Å²) < 4.78 is 5.56. The Morgan fingerprint density at radius 1 is 1.30 bits per heavy atom. The van der Waals surface area contributed by atoms with Gasteiger partial charge in [-0.1, -0.05) is 0 Å². The van der Waals surface area contributed by atoms with Crippen molar-refractivity contribution in [2.45, 2.75) is 64.1 Å². The van der Waals surface area contributed by atoms with Gasteiger partial charge < -0.3 is 20.7 Å². The maximum atomic E-state index is 12.4. The Kier molecular flexibility index (Phi) is 4.91. The Morgan fingerprint density at radius 2 is 2.05 bits per heavy atom. The standard InChI is InChI=1S/C15H29N3O2/c1-15(2,3)20-14(19)18-9-5-7-12(16)13(18)11-6-4-8-17-10-11/h11-13,17H,4-10,16H2,1-3H3. The molecule has 116 valence electrons. The van der Waals surface area contributed by atoms with Crippen LogP contribution in [0.1, 0.15) is 46.5 Å². The minimum absolute atomic E-state index is 0.0705. The summed E-state index contributed by atoms with van der Waals surface area (Å²) in [4.78, 5) is 14.3. The topological polar surface area (TPSA) is 67.6 Å². The summed E-state index contributed by atoms with van der Waals surface area (Å²) in [6, 6.07) is 0.188. The molecule has 2 fully saturated rings. The third-order valence-electron chi connectivity index (χ3n) is 4.18. The minimum Gasteiger partial charge on any atom is -0.444 e. The molecule has 2 rings (SSSR count). The van der Waals surface area contributed by atoms with Crippen molar-refractivity contribution in [3.05, 3.63) is 0 Å². The number of nitrogens with zero attached hydrogens (tertiary/aromatic N) is 1. The van der Waals surface area contributed by atoms with E-state index < -0.39 is 5.60 Å². The van der Waals surface area contributed by atoms with Crippen molar-refractivity contribution in [3.63, 3.8) is 0 Å². The van der Waals surface area contributed by atoms with Gasteiger partial charge in [-0.3, -0.25) is 0 Å². The van der Waals surface area contributed by atoms with Crippen molar-refractivity contribution < 1.29 is 9.53 Å². The molecular weight excluding hydrogens is 254 g/mol. The van der Waals surface area contributed by atoms with E-state index in [-0.39, 0.29) is 18.2 Å². The molecule has 2 saturated heterocycles. The summed E-state index contributed by atoms with van der Waals surface area (Å²) in [6.45, 7) is 8.52. The Morgan fingerprint density at radius 3 is 2.65 bits per heavy atom. The molecule has 3 unspecified atom stereocenters. The zero-order valence-corrected chi connectivity index (χ0v) is 13.0. The number of hydrogen-bond donors (Lipinski definition) is 2. The van der Waals surface area contributed by atoms with E-state index >= 15 is 0 Å². The Labute approximate surface area is 122 Å². The van der Waals surface area contributed by atoms with Gasteiger partial charge in [-0.25, -0.2) is 4.79 Å². The lowest BCUT2D eigenvalue weighted by Gasteiger charge is -2.45. The van der Waals surface area contributed by atoms with Crippen LogP contribution in [0.3, 0.4) is 0 Å². The lowest BCUT2D eigenvalue weighted by molar-refractivity contribution is -0.00470. The minimum atomic E-state index is -0.450. The first-order chi connectivity index (χ1) is 9.38. The molecule has 20 heavy (non-hydrogen) atoms. The van der Waals surface area contributed by atoms with Crippen molar-refractivity contribution in [3.8, 4) is 0 Å². The zero-order chi connectivity index (χ0) is 14.8. The van der Waals surface area contributed by atoms with E-state index in [4.69, 9.17) is 10.5 Å². The van der Waals surface area contributed by atoms with Gasteiger partial charge in [-0.2, -0.15) is 0 Å². The second kappa shape index (κ2) is 6.31. The fraction of sp³-hybridized carbons (Fsp3) is 0.933. The smallest absolute Gasteiger partial charge is 0.410 e. The van der Waals surface area contributed by atoms with Crippen molar-refractivity contribution in [2.75, 3.05) is 19.6 Å². The Bertz CT molecular complexity index is 335. The molecular formula is C15H29N3O2. The van der Waals surface area contributed by atoms with E-state index in [1.54, 1.807) is 0 Å². The Hall–Kier alpha value is -0.810. The number of rotatable bonds is 1. The van der Waals surface area contributed by atoms with Crippen molar-refractivity contribution in [1.29, 1.82) is 0 Å². The summed E-state index contributed by atoms with van der Waals surface area (Å²) in [5, 5.41) is 3.43. The molecule has 0 bridgehead atoms. The molecule has 3 N–H and O–H groups in total. The first kappa shape index (κ1) is 15.6. The molecule has 0 aromatic rings. The van der Waals surface area contributed by atoms with E-state index in [1.165, 1.54) is 0 Å². The molecule has 0 aromatic heterocycles. The number of piperidine rings is 2. The van der Waals surface area contributed by atoms with Crippen LogP contribution in [0.2, 0.25) is 0 Å². The van der Waals surface area contributed by atoms with Crippen molar-refractivity contribution in [2.24, 2.45) is 11.7 Å². The number of nitrogens with one attached hydrogen (secondary N) is 1. The quantitative estimate of drug-likeness (QED) is 0.769. The monoisotopic (exact) mass is 283 g/mol. The van der Waals surface area contributed by atoms with Crippen LogP contribution in [0, 0.1) is 5.92 Å². The third-order valence-corrected chi connectivity index (χ3v) is 4.18. The van der Waals surface area contributed by atoms with Gasteiger partial charge in [0.05, 0.1) is 6.04 Å². The first-order valence-electron chi connectivity index (χ1n) is 7.84. The van der Waals surface area contributed by atoms with Gasteiger partial charge in [0.2, 0.25) is 0 Å². The van der Waals surface area contributed by atoms with Crippen LogP contribution < -0.4 is 11.1 Å². The molecule has 1 amide bonds. The largest absolute Gasteiger partial charge is 0.444 e. The second-order valence-corrected chi connectivity index (χ2v) is 7.08. The maximum absolute atomic E-state index is 12.4. The fourth-order valence-electron chi connectivity index (χ4n) is 3.36. The number of carbonyl (C=O) groups is 1. The van der Waals surface area contributed by atoms with E-state index in [9.17, 15) is 4.79 Å². The molecule has 5 heteroatoms. The second-order valence-electron chi connectivity index (χ2n) is 7.08. The number of amides is 1. The highest BCUT2D eigenvalue weighted by Gasteiger charge is 2.39. The summed E-state index contributed by atoms with van der Waals surface area (Å²) >= 11 is 0. The average Bonchev–Trinajstić information content (AvgIpc) is 2.37. The number of carbonyl (C=O) groups excluding carboxylic acids is 1.